The number of hydrogen-bond donors (Lipinski definition) is 2. The first-order valence-corrected chi connectivity index (χ1v) is 11.7. The van der Waals surface area contributed by atoms with Crippen molar-refractivity contribution in [1.29, 1.82) is 0 Å². The molecule has 0 spiro atoms. The van der Waals surface area contributed by atoms with Crippen LogP contribution in [0.25, 0.3) is 0 Å². The quantitative estimate of drug-likeness (QED) is 0.207. The van der Waals surface area contributed by atoms with Gasteiger partial charge in [0.1, 0.15) is 12.3 Å². The summed E-state index contributed by atoms with van der Waals surface area (Å²) in [7, 11) is 1.48. The highest BCUT2D eigenvalue weighted by Crippen LogP contribution is 2.30. The summed E-state index contributed by atoms with van der Waals surface area (Å²) in [6.45, 7) is 0.273. The van der Waals surface area contributed by atoms with E-state index in [1.165, 1.54) is 24.2 Å². The molecule has 37 heavy (non-hydrogen) atoms. The van der Waals surface area contributed by atoms with Crippen molar-refractivity contribution < 1.29 is 27.6 Å². The topological polar surface area (TPSA) is 117 Å². The minimum atomic E-state index is -4.43. The zero-order valence-electron chi connectivity index (χ0n) is 20.3. The fraction of sp³-hybridized carbons (Fsp3) is 0.346. The van der Waals surface area contributed by atoms with Gasteiger partial charge in [0.25, 0.3) is 5.91 Å². The van der Waals surface area contributed by atoms with Crippen molar-refractivity contribution >= 4 is 30.0 Å². The SMILES string of the molecule is CNC(=O)C(CCC=O)N1Cc2c(CCC(C=NCc3cccc(C(F)(F)F)c3)=NN)cccc2C1=O. The van der Waals surface area contributed by atoms with Gasteiger partial charge < -0.3 is 20.9 Å². The molecule has 0 bridgehead atoms. The van der Waals surface area contributed by atoms with Crippen LogP contribution < -0.4 is 11.2 Å². The van der Waals surface area contributed by atoms with Gasteiger partial charge in [-0.15, -0.1) is 0 Å². The van der Waals surface area contributed by atoms with Crippen LogP contribution in [-0.2, 0) is 35.3 Å². The third kappa shape index (κ3) is 6.81. The summed E-state index contributed by atoms with van der Waals surface area (Å²) < 4.78 is 38.7. The number of benzene rings is 2. The van der Waals surface area contributed by atoms with E-state index in [9.17, 15) is 27.6 Å². The van der Waals surface area contributed by atoms with Crippen molar-refractivity contribution in [3.63, 3.8) is 0 Å². The summed E-state index contributed by atoms with van der Waals surface area (Å²) in [6.07, 6.45) is -1.03. The van der Waals surface area contributed by atoms with Crippen molar-refractivity contribution in [3.05, 3.63) is 70.3 Å². The number of halogens is 3. The van der Waals surface area contributed by atoms with E-state index in [0.29, 0.717) is 29.7 Å². The third-order valence-corrected chi connectivity index (χ3v) is 6.16. The Morgan fingerprint density at radius 1 is 1.24 bits per heavy atom. The second kappa shape index (κ2) is 12.3. The van der Waals surface area contributed by atoms with Crippen LogP contribution in [0.15, 0.2) is 52.6 Å². The van der Waals surface area contributed by atoms with E-state index in [0.717, 1.165) is 29.5 Å². The molecule has 1 unspecified atom stereocenters. The predicted molar refractivity (Wildman–Crippen MR) is 133 cm³/mol. The second-order valence-corrected chi connectivity index (χ2v) is 8.54. The van der Waals surface area contributed by atoms with Crippen LogP contribution in [0, 0.1) is 0 Å². The molecule has 2 aromatic carbocycles. The molecule has 3 N–H and O–H groups in total. The number of nitrogens with zero attached hydrogens (tertiary/aromatic N) is 3. The van der Waals surface area contributed by atoms with Gasteiger partial charge in [-0.3, -0.25) is 14.6 Å². The Morgan fingerprint density at radius 2 is 2.00 bits per heavy atom. The van der Waals surface area contributed by atoms with Crippen LogP contribution in [0.4, 0.5) is 13.2 Å². The Bertz CT molecular complexity index is 1210. The smallest absolute Gasteiger partial charge is 0.357 e. The Balaban J connectivity index is 1.68. The number of aliphatic imine (C=N–C) groups is 1. The summed E-state index contributed by atoms with van der Waals surface area (Å²) in [4.78, 5) is 42.0. The highest BCUT2D eigenvalue weighted by atomic mass is 19.4. The van der Waals surface area contributed by atoms with Gasteiger partial charge >= 0.3 is 6.18 Å². The first-order chi connectivity index (χ1) is 17.7. The monoisotopic (exact) mass is 515 g/mol. The zero-order valence-corrected chi connectivity index (χ0v) is 20.3. The number of carbonyl (C=O) groups is 3. The minimum absolute atomic E-state index is 0.0365. The van der Waals surface area contributed by atoms with Crippen LogP contribution in [0.1, 0.15) is 51.9 Å². The number of nitrogens with one attached hydrogen (secondary N) is 1. The number of alkyl halides is 3. The van der Waals surface area contributed by atoms with Crippen molar-refractivity contribution in [1.82, 2.24) is 10.2 Å². The van der Waals surface area contributed by atoms with Gasteiger partial charge in [0.05, 0.1) is 17.8 Å². The Labute approximate surface area is 212 Å². The molecule has 196 valence electrons. The number of carbonyl (C=O) groups excluding carboxylic acids is 3. The van der Waals surface area contributed by atoms with E-state index < -0.39 is 17.8 Å². The van der Waals surface area contributed by atoms with E-state index in [-0.39, 0.29) is 37.7 Å². The van der Waals surface area contributed by atoms with Crippen molar-refractivity contribution in [2.45, 2.75) is 51.0 Å². The number of aldehydes is 1. The highest BCUT2D eigenvalue weighted by Gasteiger charge is 2.36. The number of amides is 2. The molecule has 1 aliphatic rings. The molecular weight excluding hydrogens is 487 g/mol. The molecule has 0 saturated heterocycles. The van der Waals surface area contributed by atoms with Gasteiger partial charge in [0.15, 0.2) is 0 Å². The van der Waals surface area contributed by atoms with Gasteiger partial charge in [-0.25, -0.2) is 0 Å². The average molecular weight is 516 g/mol. The van der Waals surface area contributed by atoms with Crippen molar-refractivity contribution in [2.75, 3.05) is 7.05 Å². The molecule has 0 aromatic heterocycles. The number of likely N-dealkylation sites (N-methyl/N-ethyl adjacent to an activating group) is 1. The molecule has 1 aliphatic heterocycles. The van der Waals surface area contributed by atoms with Gasteiger partial charge in [0.2, 0.25) is 5.91 Å². The molecular formula is C26H28F3N5O3. The molecule has 0 radical (unpaired) electrons. The number of rotatable bonds is 11. The second-order valence-electron chi connectivity index (χ2n) is 8.54. The van der Waals surface area contributed by atoms with Crippen LogP contribution in [-0.4, -0.2) is 48.0 Å². The summed E-state index contributed by atoms with van der Waals surface area (Å²) in [5, 5.41) is 6.29. The average Bonchev–Trinajstić information content (AvgIpc) is 3.22. The molecule has 0 saturated carbocycles. The molecule has 0 fully saturated rings. The maximum atomic E-state index is 13.1. The first kappa shape index (κ1) is 27.6. The third-order valence-electron chi connectivity index (χ3n) is 6.16. The van der Waals surface area contributed by atoms with Gasteiger partial charge in [-0.1, -0.05) is 24.3 Å². The largest absolute Gasteiger partial charge is 0.416 e. The van der Waals surface area contributed by atoms with Crippen molar-refractivity contribution in [2.24, 2.45) is 15.9 Å². The maximum absolute atomic E-state index is 13.1. The molecule has 3 rings (SSSR count). The minimum Gasteiger partial charge on any atom is -0.357 e. The molecule has 2 amide bonds. The van der Waals surface area contributed by atoms with Crippen LogP contribution >= 0.6 is 0 Å². The molecule has 1 atom stereocenters. The Hall–Kier alpha value is -4.02. The number of hydrazone groups is 1. The fourth-order valence-corrected chi connectivity index (χ4v) is 4.25. The van der Waals surface area contributed by atoms with Crippen LogP contribution in [0.5, 0.6) is 0 Å². The van der Waals surface area contributed by atoms with Crippen molar-refractivity contribution in [3.8, 4) is 0 Å². The van der Waals surface area contributed by atoms with E-state index in [2.05, 4.69) is 15.4 Å². The van der Waals surface area contributed by atoms with Crippen LogP contribution in [0.2, 0.25) is 0 Å². The van der Waals surface area contributed by atoms with Gasteiger partial charge in [-0.05, 0) is 54.2 Å². The van der Waals surface area contributed by atoms with E-state index >= 15 is 0 Å². The van der Waals surface area contributed by atoms with Crippen LogP contribution in [0.3, 0.4) is 0 Å². The van der Waals surface area contributed by atoms with E-state index in [1.54, 1.807) is 18.2 Å². The summed E-state index contributed by atoms with van der Waals surface area (Å²) >= 11 is 0. The van der Waals surface area contributed by atoms with E-state index in [4.69, 9.17) is 5.84 Å². The number of aryl methyl sites for hydroxylation is 1. The fourth-order valence-electron chi connectivity index (χ4n) is 4.25. The summed E-state index contributed by atoms with van der Waals surface area (Å²) in [5.41, 5.74) is 2.29. The van der Waals surface area contributed by atoms with Gasteiger partial charge in [-0.2, -0.15) is 18.3 Å². The molecule has 11 heteroatoms. The lowest BCUT2D eigenvalue weighted by Gasteiger charge is -2.25. The predicted octanol–water partition coefficient (Wildman–Crippen LogP) is 3.27. The number of hydrogen-bond acceptors (Lipinski definition) is 6. The maximum Gasteiger partial charge on any atom is 0.416 e. The lowest BCUT2D eigenvalue weighted by Crippen LogP contribution is -2.46. The lowest BCUT2D eigenvalue weighted by molar-refractivity contribution is -0.137. The van der Waals surface area contributed by atoms with E-state index in [1.807, 2.05) is 6.07 Å². The lowest BCUT2D eigenvalue weighted by atomic mass is 9.98. The molecule has 2 aromatic rings. The number of fused-ring (bicyclic) bond motifs is 1. The Kier molecular flexibility index (Phi) is 9.15. The number of nitrogens with two attached hydrogens (primary N) is 1. The zero-order chi connectivity index (χ0) is 27.0. The standard InChI is InChI=1S/C26H28F3N5O3/c1-31-24(36)23(9-4-12-35)34-16-22-18(6-3-8-21(22)25(34)37)10-11-20(33-30)15-32-14-17-5-2-7-19(13-17)26(27,28)29/h2-3,5-8,12-13,15,23H,4,9-11,14,16,30H2,1H3,(H,31,36). The highest BCUT2D eigenvalue weighted by molar-refractivity contribution is 6.30. The molecule has 0 aliphatic carbocycles. The normalized spacial score (nSPS) is 14.6. The Morgan fingerprint density at radius 3 is 2.68 bits per heavy atom. The molecule has 8 nitrogen and oxygen atoms in total. The molecule has 1 heterocycles. The van der Waals surface area contributed by atoms with Gasteiger partial charge in [0, 0.05) is 31.8 Å². The first-order valence-electron chi connectivity index (χ1n) is 11.7. The summed E-state index contributed by atoms with van der Waals surface area (Å²) in [6, 6.07) is 9.53. The summed E-state index contributed by atoms with van der Waals surface area (Å²) in [5.74, 6) is 4.90.